The van der Waals surface area contributed by atoms with Gasteiger partial charge in [-0.25, -0.2) is 0 Å². The third-order valence-electron chi connectivity index (χ3n) is 8.27. The number of rotatable bonds is 12. The summed E-state index contributed by atoms with van der Waals surface area (Å²) in [6.07, 6.45) is 8.79. The Morgan fingerprint density at radius 2 is 1.93 bits per heavy atom. The van der Waals surface area contributed by atoms with Crippen LogP contribution in [0.5, 0.6) is 5.75 Å². The normalized spacial score (nSPS) is 20.4. The lowest BCUT2D eigenvalue weighted by Gasteiger charge is -2.35. The highest BCUT2D eigenvalue weighted by molar-refractivity contribution is 6.23. The van der Waals surface area contributed by atoms with E-state index in [-0.39, 0.29) is 24.0 Å². The monoisotopic (exact) mass is 556 g/mol. The lowest BCUT2D eigenvalue weighted by Crippen LogP contribution is -2.47. The molecule has 3 amide bonds. The van der Waals surface area contributed by atoms with E-state index in [9.17, 15) is 19.2 Å². The number of hydrogen-bond acceptors (Lipinski definition) is 8. The third kappa shape index (κ3) is 5.07. The molecule has 1 unspecified atom stereocenters. The highest BCUT2D eigenvalue weighted by Crippen LogP contribution is 2.45. The molecule has 0 radical (unpaired) electrons. The fourth-order valence-electron chi connectivity index (χ4n) is 5.73. The number of carbonyl (C=O) groups is 4. The van der Waals surface area contributed by atoms with E-state index in [1.807, 2.05) is 12.1 Å². The quantitative estimate of drug-likeness (QED) is 0.255. The minimum Gasteiger partial charge on any atom is -0.495 e. The van der Waals surface area contributed by atoms with Crippen LogP contribution in [0.2, 0.25) is 0 Å². The van der Waals surface area contributed by atoms with E-state index in [1.165, 1.54) is 0 Å². The molecule has 11 nitrogen and oxygen atoms in total. The van der Waals surface area contributed by atoms with Crippen LogP contribution in [-0.2, 0) is 9.59 Å². The van der Waals surface area contributed by atoms with E-state index >= 15 is 0 Å². The number of hydrogen-bond donors (Lipinski definition) is 2. The molecule has 0 saturated heterocycles. The first-order valence-electron chi connectivity index (χ1n) is 14.0. The van der Waals surface area contributed by atoms with E-state index in [0.29, 0.717) is 30.7 Å². The van der Waals surface area contributed by atoms with Crippen molar-refractivity contribution in [1.29, 1.82) is 0 Å². The van der Waals surface area contributed by atoms with Crippen LogP contribution in [0.15, 0.2) is 42.7 Å². The number of methoxy groups -OCH3 is 1. The number of amides is 3. The van der Waals surface area contributed by atoms with Crippen molar-refractivity contribution in [1.82, 2.24) is 19.7 Å². The van der Waals surface area contributed by atoms with Gasteiger partial charge in [-0.2, -0.15) is 5.10 Å². The smallest absolute Gasteiger partial charge is 0.262 e. The molecule has 3 N–H and O–H groups in total. The number of pyridine rings is 1. The third-order valence-corrected chi connectivity index (χ3v) is 8.27. The Labute approximate surface area is 237 Å². The SMILES string of the molecule is COc1ccc(-c2cn(C3CC(CNc4ccc5c(c4)C(=O)N(C(CCC=O)C(N)=O)C5=O)C3)nc2C2CC2)nc1. The Hall–Kier alpha value is -4.54. The van der Waals surface area contributed by atoms with Gasteiger partial charge in [-0.3, -0.25) is 28.9 Å². The van der Waals surface area contributed by atoms with Crippen LogP contribution in [0.25, 0.3) is 11.3 Å². The molecule has 1 aromatic carbocycles. The summed E-state index contributed by atoms with van der Waals surface area (Å²) in [5, 5.41) is 8.37. The number of anilines is 1. The van der Waals surface area contributed by atoms with Crippen LogP contribution in [0, 0.1) is 5.92 Å². The summed E-state index contributed by atoms with van der Waals surface area (Å²) < 4.78 is 7.35. The number of carbonyl (C=O) groups excluding carboxylic acids is 4. The predicted octanol–water partition coefficient (Wildman–Crippen LogP) is 3.32. The second-order valence-electron chi connectivity index (χ2n) is 11.0. The summed E-state index contributed by atoms with van der Waals surface area (Å²) >= 11 is 0. The van der Waals surface area contributed by atoms with Crippen molar-refractivity contribution in [3.05, 3.63) is 59.5 Å². The van der Waals surface area contributed by atoms with Crippen LogP contribution in [0.4, 0.5) is 5.69 Å². The van der Waals surface area contributed by atoms with E-state index < -0.39 is 23.8 Å². The number of nitrogens with zero attached hydrogens (tertiary/aromatic N) is 4. The molecule has 11 heteroatoms. The van der Waals surface area contributed by atoms with Crippen LogP contribution in [-0.4, -0.2) is 63.4 Å². The molecule has 2 fully saturated rings. The standard InChI is InChI=1S/C30H32N6O5/c1-41-21-7-9-25(33-15-21)24-16-35(34-27(24)18-4-5-18)20-11-17(12-20)14-32-19-6-8-22-23(13-19)30(40)36(29(22)39)26(28(31)38)3-2-10-37/h6-10,13,15-18,20,26,32H,2-5,11-12,14H2,1H3,(H2,31,38). The van der Waals surface area contributed by atoms with Gasteiger partial charge < -0.3 is 20.6 Å². The predicted molar refractivity (Wildman–Crippen MR) is 149 cm³/mol. The van der Waals surface area contributed by atoms with Gasteiger partial charge in [-0.1, -0.05) is 0 Å². The maximum absolute atomic E-state index is 13.1. The van der Waals surface area contributed by atoms with Gasteiger partial charge in [-0.05, 0) is 68.4 Å². The maximum atomic E-state index is 13.1. The Morgan fingerprint density at radius 3 is 2.59 bits per heavy atom. The summed E-state index contributed by atoms with van der Waals surface area (Å²) in [7, 11) is 1.63. The van der Waals surface area contributed by atoms with Gasteiger partial charge in [0.25, 0.3) is 11.8 Å². The minimum absolute atomic E-state index is 0.00869. The number of aldehydes is 1. The highest BCUT2D eigenvalue weighted by Gasteiger charge is 2.42. The van der Waals surface area contributed by atoms with E-state index in [0.717, 1.165) is 59.0 Å². The van der Waals surface area contributed by atoms with Crippen molar-refractivity contribution in [3.8, 4) is 17.0 Å². The Balaban J connectivity index is 1.08. The first kappa shape index (κ1) is 26.7. The number of nitrogens with one attached hydrogen (secondary N) is 1. The zero-order chi connectivity index (χ0) is 28.7. The molecule has 0 spiro atoms. The second-order valence-corrected chi connectivity index (χ2v) is 11.0. The van der Waals surface area contributed by atoms with E-state index in [2.05, 4.69) is 21.2 Å². The lowest BCUT2D eigenvalue weighted by molar-refractivity contribution is -0.122. The molecule has 0 bridgehead atoms. The second kappa shape index (κ2) is 10.8. The van der Waals surface area contributed by atoms with Crippen molar-refractivity contribution in [3.63, 3.8) is 0 Å². The molecular formula is C30H32N6O5. The first-order chi connectivity index (χ1) is 19.9. The Kier molecular flexibility index (Phi) is 7.02. The number of primary amides is 1. The highest BCUT2D eigenvalue weighted by atomic mass is 16.5. The summed E-state index contributed by atoms with van der Waals surface area (Å²) in [6, 6.07) is 8.07. The molecule has 3 heterocycles. The van der Waals surface area contributed by atoms with Crippen molar-refractivity contribution >= 4 is 29.7 Å². The van der Waals surface area contributed by atoms with Crippen molar-refractivity contribution in [2.24, 2.45) is 11.7 Å². The molecule has 1 aliphatic heterocycles. The summed E-state index contributed by atoms with van der Waals surface area (Å²) in [5.74, 6) is -0.291. The lowest BCUT2D eigenvalue weighted by atomic mass is 9.80. The average molecular weight is 557 g/mol. The summed E-state index contributed by atoms with van der Waals surface area (Å²) in [6.45, 7) is 0.716. The van der Waals surface area contributed by atoms with Crippen LogP contribution in [0.3, 0.4) is 0 Å². The zero-order valence-corrected chi connectivity index (χ0v) is 22.8. The molecule has 41 heavy (non-hydrogen) atoms. The first-order valence-corrected chi connectivity index (χ1v) is 14.0. The fraction of sp³-hybridized carbons (Fsp3) is 0.400. The number of fused-ring (bicyclic) bond motifs is 1. The molecule has 2 aliphatic carbocycles. The molecule has 212 valence electrons. The number of aromatic nitrogens is 3. The largest absolute Gasteiger partial charge is 0.495 e. The van der Waals surface area contributed by atoms with Crippen LogP contribution < -0.4 is 15.8 Å². The Bertz CT molecular complexity index is 1510. The molecular weight excluding hydrogens is 524 g/mol. The molecule has 3 aromatic rings. The topological polar surface area (TPSA) is 150 Å². The Morgan fingerprint density at radius 1 is 1.15 bits per heavy atom. The van der Waals surface area contributed by atoms with E-state index in [1.54, 1.807) is 31.5 Å². The number of ether oxygens (including phenoxy) is 1. The fourth-order valence-corrected chi connectivity index (χ4v) is 5.73. The van der Waals surface area contributed by atoms with Gasteiger partial charge in [0.2, 0.25) is 5.91 Å². The van der Waals surface area contributed by atoms with Gasteiger partial charge >= 0.3 is 0 Å². The maximum Gasteiger partial charge on any atom is 0.262 e. The van der Waals surface area contributed by atoms with Gasteiger partial charge in [-0.15, -0.1) is 0 Å². The average Bonchev–Trinajstić information content (AvgIpc) is 3.67. The molecule has 6 rings (SSSR count). The van der Waals surface area contributed by atoms with Crippen molar-refractivity contribution in [2.45, 2.75) is 56.5 Å². The van der Waals surface area contributed by atoms with E-state index in [4.69, 9.17) is 15.6 Å². The zero-order valence-electron chi connectivity index (χ0n) is 22.8. The molecule has 3 aliphatic rings. The number of imide groups is 1. The van der Waals surface area contributed by atoms with Crippen molar-refractivity contribution < 1.29 is 23.9 Å². The van der Waals surface area contributed by atoms with Gasteiger partial charge in [0.1, 0.15) is 18.1 Å². The summed E-state index contributed by atoms with van der Waals surface area (Å²) in [5.41, 5.74) is 9.75. The van der Waals surface area contributed by atoms with Gasteiger partial charge in [0.15, 0.2) is 0 Å². The number of nitrogens with two attached hydrogens (primary N) is 1. The van der Waals surface area contributed by atoms with Crippen LogP contribution >= 0.6 is 0 Å². The molecule has 1 atom stereocenters. The minimum atomic E-state index is -1.15. The molecule has 2 aromatic heterocycles. The number of benzene rings is 1. The molecule has 2 saturated carbocycles. The van der Waals surface area contributed by atoms with Gasteiger partial charge in [0, 0.05) is 36.3 Å². The van der Waals surface area contributed by atoms with Gasteiger partial charge in [0.05, 0.1) is 41.9 Å². The van der Waals surface area contributed by atoms with Crippen LogP contribution in [0.1, 0.15) is 76.9 Å². The summed E-state index contributed by atoms with van der Waals surface area (Å²) in [4.78, 5) is 54.1. The van der Waals surface area contributed by atoms with Crippen molar-refractivity contribution in [2.75, 3.05) is 19.0 Å².